The van der Waals surface area contributed by atoms with Crippen molar-refractivity contribution >= 4 is 5.78 Å². The maximum Gasteiger partial charge on any atom is 0.573 e. The van der Waals surface area contributed by atoms with Crippen LogP contribution in [-0.4, -0.2) is 16.7 Å². The average Bonchev–Trinajstić information content (AvgIpc) is 2.78. The van der Waals surface area contributed by atoms with Gasteiger partial charge in [-0.25, -0.2) is 0 Å². The van der Waals surface area contributed by atoms with Crippen molar-refractivity contribution < 1.29 is 22.7 Å². The van der Waals surface area contributed by atoms with Crippen LogP contribution in [0.4, 0.5) is 13.2 Å². The number of aromatic nitrogens is 1. The third-order valence-electron chi connectivity index (χ3n) is 2.70. The van der Waals surface area contributed by atoms with Crippen LogP contribution in [0.1, 0.15) is 23.0 Å². The van der Waals surface area contributed by atoms with E-state index in [0.29, 0.717) is 12.2 Å². The lowest BCUT2D eigenvalue weighted by molar-refractivity contribution is -0.274. The molecule has 0 atom stereocenters. The molecular weight excluding hydrogens is 271 g/mol. The molecule has 1 heterocycles. The summed E-state index contributed by atoms with van der Waals surface area (Å²) in [6, 6.07) is 9.01. The van der Waals surface area contributed by atoms with E-state index >= 15 is 0 Å². The first-order chi connectivity index (χ1) is 9.35. The molecule has 0 unspecified atom stereocenters. The number of alkyl halides is 3. The maximum absolute atomic E-state index is 12.0. The molecule has 6 heteroatoms. The smallest absolute Gasteiger partial charge is 0.406 e. The number of ketones is 1. The number of nitrogens with zero attached hydrogens (tertiary/aromatic N) is 1. The van der Waals surface area contributed by atoms with Gasteiger partial charge < -0.3 is 9.30 Å². The zero-order valence-corrected chi connectivity index (χ0v) is 10.6. The van der Waals surface area contributed by atoms with Crippen molar-refractivity contribution in [1.82, 2.24) is 4.57 Å². The van der Waals surface area contributed by atoms with E-state index in [-0.39, 0.29) is 11.5 Å². The highest BCUT2D eigenvalue weighted by atomic mass is 19.4. The minimum absolute atomic E-state index is 0.0629. The Morgan fingerprint density at radius 2 is 1.85 bits per heavy atom. The summed E-state index contributed by atoms with van der Waals surface area (Å²) in [6.07, 6.45) is -2.94. The summed E-state index contributed by atoms with van der Waals surface area (Å²) in [6.45, 7) is 1.88. The van der Waals surface area contributed by atoms with Crippen molar-refractivity contribution in [2.75, 3.05) is 0 Å². The first kappa shape index (κ1) is 14.2. The Bertz CT molecular complexity index is 600. The highest BCUT2D eigenvalue weighted by molar-refractivity contribution is 5.92. The second-order valence-corrected chi connectivity index (χ2v) is 4.27. The van der Waals surface area contributed by atoms with Crippen molar-refractivity contribution in [3.05, 3.63) is 53.9 Å². The van der Waals surface area contributed by atoms with Crippen LogP contribution in [-0.2, 0) is 6.54 Å². The van der Waals surface area contributed by atoms with E-state index in [1.807, 2.05) is 0 Å². The van der Waals surface area contributed by atoms with Gasteiger partial charge in [-0.05, 0) is 29.8 Å². The van der Waals surface area contributed by atoms with Crippen molar-refractivity contribution in [2.24, 2.45) is 0 Å². The van der Waals surface area contributed by atoms with Crippen LogP contribution < -0.4 is 4.74 Å². The van der Waals surface area contributed by atoms with Crippen LogP contribution in [0.5, 0.6) is 5.75 Å². The number of rotatable bonds is 4. The summed E-state index contributed by atoms with van der Waals surface area (Å²) in [5.41, 5.74) is 1.33. The van der Waals surface area contributed by atoms with Crippen LogP contribution in [0.3, 0.4) is 0 Å². The minimum Gasteiger partial charge on any atom is -0.406 e. The molecule has 0 aliphatic carbocycles. The van der Waals surface area contributed by atoms with Gasteiger partial charge in [0.2, 0.25) is 0 Å². The van der Waals surface area contributed by atoms with Crippen molar-refractivity contribution in [2.45, 2.75) is 19.8 Å². The fourth-order valence-corrected chi connectivity index (χ4v) is 1.86. The van der Waals surface area contributed by atoms with Gasteiger partial charge in [-0.3, -0.25) is 4.79 Å². The third-order valence-corrected chi connectivity index (χ3v) is 2.70. The lowest BCUT2D eigenvalue weighted by atomic mass is 10.2. The molecule has 0 amide bonds. The quantitative estimate of drug-likeness (QED) is 0.802. The van der Waals surface area contributed by atoms with Gasteiger partial charge in [0.15, 0.2) is 5.78 Å². The highest BCUT2D eigenvalue weighted by Gasteiger charge is 2.30. The predicted octanol–water partition coefficient (Wildman–Crippen LogP) is 3.64. The molecule has 0 radical (unpaired) electrons. The van der Waals surface area contributed by atoms with E-state index in [4.69, 9.17) is 0 Å². The number of carbonyl (C=O) groups excluding carboxylic acids is 1. The average molecular weight is 283 g/mol. The number of halogens is 3. The van der Waals surface area contributed by atoms with Crippen molar-refractivity contribution in [3.8, 4) is 5.75 Å². The molecular formula is C14H12F3NO2. The third kappa shape index (κ3) is 3.63. The lowest BCUT2D eigenvalue weighted by Gasteiger charge is -2.10. The standard InChI is InChI=1S/C14H12F3NO2/c1-10(19)13-3-2-8-18(13)9-11-4-6-12(7-5-11)20-14(15,16)17/h2-8H,9H2,1H3. The molecule has 0 bridgehead atoms. The molecule has 1 aromatic carbocycles. The van der Waals surface area contributed by atoms with Gasteiger partial charge in [0.05, 0.1) is 5.69 Å². The number of benzene rings is 1. The molecule has 0 aliphatic rings. The van der Waals surface area contributed by atoms with Crippen LogP contribution in [0, 0.1) is 0 Å². The molecule has 0 spiro atoms. The first-order valence-corrected chi connectivity index (χ1v) is 5.86. The van der Waals surface area contributed by atoms with Crippen LogP contribution in [0.2, 0.25) is 0 Å². The Kier molecular flexibility index (Phi) is 3.83. The molecule has 0 N–H and O–H groups in total. The summed E-state index contributed by atoms with van der Waals surface area (Å²) >= 11 is 0. The van der Waals surface area contributed by atoms with E-state index in [1.54, 1.807) is 22.9 Å². The van der Waals surface area contributed by atoms with E-state index < -0.39 is 6.36 Å². The Labute approximate surface area is 113 Å². The summed E-state index contributed by atoms with van der Waals surface area (Å²) in [4.78, 5) is 11.4. The number of hydrogen-bond acceptors (Lipinski definition) is 2. The molecule has 0 fully saturated rings. The number of Topliss-reactive ketones (excluding diaryl/α,β-unsaturated/α-hetero) is 1. The largest absolute Gasteiger partial charge is 0.573 e. The summed E-state index contributed by atoms with van der Waals surface area (Å²) in [5, 5.41) is 0. The van der Waals surface area contributed by atoms with E-state index in [9.17, 15) is 18.0 Å². The molecule has 20 heavy (non-hydrogen) atoms. The molecule has 0 aliphatic heterocycles. The maximum atomic E-state index is 12.0. The second-order valence-electron chi connectivity index (χ2n) is 4.27. The Hall–Kier alpha value is -2.24. The van der Waals surface area contributed by atoms with Crippen molar-refractivity contribution in [3.63, 3.8) is 0 Å². The first-order valence-electron chi connectivity index (χ1n) is 5.86. The zero-order chi connectivity index (χ0) is 14.8. The van der Waals surface area contributed by atoms with Gasteiger partial charge in [-0.15, -0.1) is 13.2 Å². The molecule has 0 saturated carbocycles. The van der Waals surface area contributed by atoms with Gasteiger partial charge in [-0.1, -0.05) is 12.1 Å². The van der Waals surface area contributed by atoms with E-state index in [2.05, 4.69) is 4.74 Å². The van der Waals surface area contributed by atoms with Crippen LogP contribution >= 0.6 is 0 Å². The molecule has 2 aromatic rings. The zero-order valence-electron chi connectivity index (χ0n) is 10.6. The highest BCUT2D eigenvalue weighted by Crippen LogP contribution is 2.23. The SMILES string of the molecule is CC(=O)c1cccn1Cc1ccc(OC(F)(F)F)cc1. The summed E-state index contributed by atoms with van der Waals surface area (Å²) in [5.74, 6) is -0.326. The number of ether oxygens (including phenoxy) is 1. The van der Waals surface area contributed by atoms with Crippen LogP contribution in [0.25, 0.3) is 0 Å². The van der Waals surface area contributed by atoms with Gasteiger partial charge >= 0.3 is 6.36 Å². The lowest BCUT2D eigenvalue weighted by Crippen LogP contribution is -2.17. The Morgan fingerprint density at radius 1 is 1.20 bits per heavy atom. The number of carbonyl (C=O) groups is 1. The fraction of sp³-hybridized carbons (Fsp3) is 0.214. The van der Waals surface area contributed by atoms with Crippen molar-refractivity contribution in [1.29, 1.82) is 0 Å². The van der Waals surface area contributed by atoms with E-state index in [1.165, 1.54) is 31.2 Å². The summed E-state index contributed by atoms with van der Waals surface area (Å²) < 4.78 is 41.6. The van der Waals surface area contributed by atoms with Gasteiger partial charge in [0.25, 0.3) is 0 Å². The van der Waals surface area contributed by atoms with Gasteiger partial charge in [-0.2, -0.15) is 0 Å². The predicted molar refractivity (Wildman–Crippen MR) is 66.7 cm³/mol. The van der Waals surface area contributed by atoms with Gasteiger partial charge in [0, 0.05) is 19.7 Å². The Balaban J connectivity index is 2.11. The molecule has 1 aromatic heterocycles. The van der Waals surface area contributed by atoms with E-state index in [0.717, 1.165) is 5.56 Å². The minimum atomic E-state index is -4.69. The normalized spacial score (nSPS) is 11.4. The topological polar surface area (TPSA) is 31.2 Å². The summed E-state index contributed by atoms with van der Waals surface area (Å²) in [7, 11) is 0. The molecule has 0 saturated heterocycles. The molecule has 3 nitrogen and oxygen atoms in total. The van der Waals surface area contributed by atoms with Gasteiger partial charge in [0.1, 0.15) is 5.75 Å². The fourth-order valence-electron chi connectivity index (χ4n) is 1.86. The Morgan fingerprint density at radius 3 is 2.40 bits per heavy atom. The monoisotopic (exact) mass is 283 g/mol. The molecule has 2 rings (SSSR count). The molecule has 106 valence electrons. The van der Waals surface area contributed by atoms with Crippen LogP contribution in [0.15, 0.2) is 42.6 Å². The second kappa shape index (κ2) is 5.40. The number of hydrogen-bond donors (Lipinski definition) is 0.